The van der Waals surface area contributed by atoms with Crippen LogP contribution in [0.2, 0.25) is 0 Å². The second-order valence-electron chi connectivity index (χ2n) is 6.43. The Hall–Kier alpha value is -2.65. The number of hydrogen-bond acceptors (Lipinski definition) is 6. The highest BCUT2D eigenvalue weighted by atomic mass is 32.2. The molecule has 0 radical (unpaired) electrons. The smallest absolute Gasteiger partial charge is 0.341 e. The number of rotatable bonds is 7. The first-order valence-electron chi connectivity index (χ1n) is 8.96. The molecule has 2 aromatic rings. The minimum Gasteiger partial charge on any atom is -0.496 e. The molecule has 0 bridgehead atoms. The van der Waals surface area contributed by atoms with Crippen molar-refractivity contribution >= 4 is 21.8 Å². The summed E-state index contributed by atoms with van der Waals surface area (Å²) >= 11 is 0. The third-order valence-electron chi connectivity index (χ3n) is 4.64. The summed E-state index contributed by atoms with van der Waals surface area (Å²) in [4.78, 5) is 15.1. The van der Waals surface area contributed by atoms with Crippen molar-refractivity contribution in [2.75, 3.05) is 32.6 Å². The predicted molar refractivity (Wildman–Crippen MR) is 103 cm³/mol. The Labute approximate surface area is 164 Å². The minimum absolute atomic E-state index is 0.248. The molecule has 0 amide bonds. The highest BCUT2D eigenvalue weighted by Gasteiger charge is 2.28. The van der Waals surface area contributed by atoms with Gasteiger partial charge in [0.2, 0.25) is 10.0 Å². The summed E-state index contributed by atoms with van der Waals surface area (Å²) < 4.78 is 36.6. The average Bonchev–Trinajstić information content (AvgIpc) is 3.27. The van der Waals surface area contributed by atoms with Crippen LogP contribution in [-0.4, -0.2) is 46.0 Å². The molecule has 1 aromatic heterocycles. The van der Waals surface area contributed by atoms with Gasteiger partial charge in [0.15, 0.2) is 0 Å². The van der Waals surface area contributed by atoms with Crippen LogP contribution in [-0.2, 0) is 21.3 Å². The van der Waals surface area contributed by atoms with E-state index in [1.165, 1.54) is 24.7 Å². The fraction of sp³-hybridized carbons (Fsp3) is 0.368. The van der Waals surface area contributed by atoms with Gasteiger partial charge in [0, 0.05) is 19.2 Å². The summed E-state index contributed by atoms with van der Waals surface area (Å²) in [6.07, 6.45) is 3.29. The molecule has 1 aromatic carbocycles. The fourth-order valence-corrected chi connectivity index (χ4v) is 4.58. The van der Waals surface area contributed by atoms with Crippen molar-refractivity contribution in [1.29, 1.82) is 0 Å². The molecular weight excluding hydrogens is 382 g/mol. The fourth-order valence-electron chi connectivity index (χ4n) is 3.09. The van der Waals surface area contributed by atoms with E-state index in [-0.39, 0.29) is 4.90 Å². The van der Waals surface area contributed by atoms with Gasteiger partial charge in [-0.1, -0.05) is 6.07 Å². The number of pyridine rings is 1. The Morgan fingerprint density at radius 1 is 1.18 bits per heavy atom. The molecule has 0 unspecified atom stereocenters. The standard InChI is InChI=1S/C19H23N3O5S/c1-26-17-7-5-14(11-16(17)19(23)27-2)12-20-18-8-6-15(13-21-18)28(24,25)22-9-3-4-10-22/h5-8,11,13H,3-4,9-10,12H2,1-2H3,(H,20,21)/p+1. The summed E-state index contributed by atoms with van der Waals surface area (Å²) in [5.74, 6) is 0.635. The third-order valence-corrected chi connectivity index (χ3v) is 6.53. The Morgan fingerprint density at radius 3 is 2.54 bits per heavy atom. The summed E-state index contributed by atoms with van der Waals surface area (Å²) in [5, 5.41) is 3.17. The van der Waals surface area contributed by atoms with Crippen LogP contribution in [0.1, 0.15) is 28.8 Å². The number of nitrogens with zero attached hydrogens (tertiary/aromatic N) is 1. The predicted octanol–water partition coefficient (Wildman–Crippen LogP) is 1.69. The first-order valence-corrected chi connectivity index (χ1v) is 10.4. The van der Waals surface area contributed by atoms with E-state index in [1.54, 1.807) is 24.3 Å². The molecule has 0 atom stereocenters. The van der Waals surface area contributed by atoms with Crippen LogP contribution in [0.15, 0.2) is 41.4 Å². The van der Waals surface area contributed by atoms with Crippen LogP contribution in [0.4, 0.5) is 5.82 Å². The van der Waals surface area contributed by atoms with E-state index >= 15 is 0 Å². The number of H-pyrrole nitrogens is 1. The van der Waals surface area contributed by atoms with E-state index in [1.807, 2.05) is 6.07 Å². The van der Waals surface area contributed by atoms with Gasteiger partial charge in [-0.15, -0.1) is 0 Å². The topological polar surface area (TPSA) is 99.1 Å². The largest absolute Gasteiger partial charge is 0.496 e. The van der Waals surface area contributed by atoms with Gasteiger partial charge in [0.1, 0.15) is 29.0 Å². The van der Waals surface area contributed by atoms with Gasteiger partial charge in [-0.3, -0.25) is 5.32 Å². The van der Waals surface area contributed by atoms with E-state index in [4.69, 9.17) is 9.47 Å². The highest BCUT2D eigenvalue weighted by molar-refractivity contribution is 7.89. The van der Waals surface area contributed by atoms with Crippen LogP contribution in [0.5, 0.6) is 5.75 Å². The molecule has 0 spiro atoms. The Balaban J connectivity index is 1.69. The molecule has 2 N–H and O–H groups in total. The van der Waals surface area contributed by atoms with Gasteiger partial charge < -0.3 is 9.47 Å². The molecule has 3 rings (SSSR count). The summed E-state index contributed by atoms with van der Waals surface area (Å²) in [5.41, 5.74) is 1.20. The summed E-state index contributed by atoms with van der Waals surface area (Å²) in [6.45, 7) is 1.58. The number of carbonyl (C=O) groups is 1. The van der Waals surface area contributed by atoms with Crippen LogP contribution < -0.4 is 15.0 Å². The summed E-state index contributed by atoms with van der Waals surface area (Å²) in [7, 11) is -0.628. The molecule has 9 heteroatoms. The van der Waals surface area contributed by atoms with Crippen molar-refractivity contribution in [3.63, 3.8) is 0 Å². The van der Waals surface area contributed by atoms with Gasteiger partial charge in [-0.25, -0.2) is 18.2 Å². The first-order chi connectivity index (χ1) is 13.5. The molecule has 28 heavy (non-hydrogen) atoms. The lowest BCUT2D eigenvalue weighted by Gasteiger charge is -2.14. The zero-order valence-corrected chi connectivity index (χ0v) is 16.7. The Bertz CT molecular complexity index is 939. The van der Waals surface area contributed by atoms with Crippen molar-refractivity contribution in [2.24, 2.45) is 0 Å². The lowest BCUT2D eigenvalue weighted by molar-refractivity contribution is -0.364. The molecule has 0 saturated carbocycles. The maximum Gasteiger partial charge on any atom is 0.341 e. The van der Waals surface area contributed by atoms with Crippen molar-refractivity contribution in [3.8, 4) is 5.75 Å². The number of methoxy groups -OCH3 is 2. The average molecular weight is 406 g/mol. The zero-order valence-electron chi connectivity index (χ0n) is 15.9. The molecule has 2 heterocycles. The second-order valence-corrected chi connectivity index (χ2v) is 8.37. The molecule has 1 saturated heterocycles. The second kappa shape index (κ2) is 8.57. The van der Waals surface area contributed by atoms with Crippen LogP contribution >= 0.6 is 0 Å². The normalized spacial score (nSPS) is 14.6. The van der Waals surface area contributed by atoms with Crippen LogP contribution in [0.25, 0.3) is 0 Å². The molecule has 1 fully saturated rings. The summed E-state index contributed by atoms with van der Waals surface area (Å²) in [6, 6.07) is 8.52. The molecule has 0 aliphatic carbocycles. The van der Waals surface area contributed by atoms with Crippen molar-refractivity contribution in [1.82, 2.24) is 4.31 Å². The number of carbonyl (C=O) groups excluding carboxylic acids is 1. The molecular formula is C19H24N3O5S+. The molecule has 8 nitrogen and oxygen atoms in total. The first kappa shape index (κ1) is 20.1. The van der Waals surface area contributed by atoms with E-state index in [2.05, 4.69) is 10.3 Å². The minimum atomic E-state index is -3.44. The van der Waals surface area contributed by atoms with Gasteiger partial charge >= 0.3 is 5.97 Å². The van der Waals surface area contributed by atoms with Gasteiger partial charge in [-0.2, -0.15) is 4.31 Å². The quantitative estimate of drug-likeness (QED) is 0.703. The Kier molecular flexibility index (Phi) is 6.15. The van der Waals surface area contributed by atoms with Crippen molar-refractivity contribution in [2.45, 2.75) is 24.3 Å². The number of benzene rings is 1. The number of ether oxygens (including phenoxy) is 2. The number of nitrogens with one attached hydrogen (secondary N) is 2. The van der Waals surface area contributed by atoms with Crippen molar-refractivity contribution in [3.05, 3.63) is 47.7 Å². The molecule has 1 aliphatic heterocycles. The highest BCUT2D eigenvalue weighted by Crippen LogP contribution is 2.22. The lowest BCUT2D eigenvalue weighted by atomic mass is 10.1. The number of sulfonamides is 1. The maximum atomic E-state index is 12.5. The number of aromatic amines is 1. The Morgan fingerprint density at radius 2 is 1.93 bits per heavy atom. The van der Waals surface area contributed by atoms with E-state index in [9.17, 15) is 13.2 Å². The van der Waals surface area contributed by atoms with Gasteiger partial charge in [0.05, 0.1) is 14.2 Å². The zero-order chi connectivity index (χ0) is 20.1. The third kappa shape index (κ3) is 4.26. The molecule has 150 valence electrons. The van der Waals surface area contributed by atoms with Crippen LogP contribution in [0.3, 0.4) is 0 Å². The van der Waals surface area contributed by atoms with Gasteiger partial charge in [-0.05, 0) is 36.6 Å². The lowest BCUT2D eigenvalue weighted by Crippen LogP contribution is -2.29. The van der Waals surface area contributed by atoms with Crippen molar-refractivity contribution < 1.29 is 27.7 Å². The van der Waals surface area contributed by atoms with Crippen LogP contribution in [0, 0.1) is 0 Å². The van der Waals surface area contributed by atoms with E-state index in [0.29, 0.717) is 36.8 Å². The monoisotopic (exact) mass is 406 g/mol. The van der Waals surface area contributed by atoms with E-state index in [0.717, 1.165) is 18.4 Å². The number of anilines is 1. The van der Waals surface area contributed by atoms with E-state index < -0.39 is 16.0 Å². The number of aromatic nitrogens is 1. The number of esters is 1. The SMILES string of the molecule is COC(=O)c1cc(CNc2ccc(S(=O)(=O)N3CCCC3)c[nH+]2)ccc1OC. The van der Waals surface area contributed by atoms with Gasteiger partial charge in [0.25, 0.3) is 5.82 Å². The maximum absolute atomic E-state index is 12.5. The number of hydrogen-bond donors (Lipinski definition) is 1. The molecule has 1 aliphatic rings.